The number of fused-ring (bicyclic) bond motifs is 1. The molecule has 10 heteroatoms. The van der Waals surface area contributed by atoms with E-state index in [0.717, 1.165) is 9.37 Å². The number of nitrogens with zero attached hydrogens (tertiary/aromatic N) is 4. The van der Waals surface area contributed by atoms with Gasteiger partial charge in [0.25, 0.3) is 5.91 Å². The van der Waals surface area contributed by atoms with Crippen LogP contribution >= 0.6 is 27.7 Å². The number of carbonyl (C=O) groups excluding carboxylic acids is 1. The molecule has 2 heterocycles. The minimum atomic E-state index is -0.377. The molecule has 8 nitrogen and oxygen atoms in total. The van der Waals surface area contributed by atoms with Gasteiger partial charge in [0.05, 0.1) is 11.3 Å². The van der Waals surface area contributed by atoms with Crippen LogP contribution in [0, 0.1) is 0 Å². The summed E-state index contributed by atoms with van der Waals surface area (Å²) < 4.78 is 2.35. The van der Waals surface area contributed by atoms with Gasteiger partial charge in [-0.15, -0.1) is 5.10 Å². The lowest BCUT2D eigenvalue weighted by molar-refractivity contribution is 0.102. The van der Waals surface area contributed by atoms with Gasteiger partial charge in [-0.2, -0.15) is 0 Å². The average molecular weight is 457 g/mol. The first kappa shape index (κ1) is 18.4. The van der Waals surface area contributed by atoms with Crippen molar-refractivity contribution in [1.82, 2.24) is 25.2 Å². The Kier molecular flexibility index (Phi) is 4.97. The van der Waals surface area contributed by atoms with Gasteiger partial charge < -0.3 is 10.3 Å². The number of benzene rings is 2. The zero-order valence-corrected chi connectivity index (χ0v) is 16.9. The highest BCUT2D eigenvalue weighted by molar-refractivity contribution is 9.10. The second-order valence-corrected chi connectivity index (χ2v) is 7.80. The minimum absolute atomic E-state index is 0.301. The van der Waals surface area contributed by atoms with Gasteiger partial charge in [0.15, 0.2) is 0 Å². The summed E-state index contributed by atoms with van der Waals surface area (Å²) in [6.07, 6.45) is 0. The Morgan fingerprint density at radius 2 is 2.04 bits per heavy atom. The number of carbonyl (C=O) groups is 1. The number of aromatic nitrogens is 5. The van der Waals surface area contributed by atoms with Crippen LogP contribution in [0.25, 0.3) is 10.9 Å². The standard InChI is InChI=1S/C18H13BrN6O2S/c1-25-18(22-23-24-25)28-15-7-6-10(19)8-14(15)21-17(27)12-9-16(26)20-13-5-3-2-4-11(12)13/h2-9H,1H3,(H,20,26)(H,21,27). The fraction of sp³-hybridized carbons (Fsp3) is 0.0556. The maximum atomic E-state index is 13.0. The van der Waals surface area contributed by atoms with Crippen LogP contribution in [0.2, 0.25) is 0 Å². The number of amides is 1. The number of para-hydroxylation sites is 1. The van der Waals surface area contributed by atoms with Crippen molar-refractivity contribution in [1.29, 1.82) is 0 Å². The van der Waals surface area contributed by atoms with Crippen molar-refractivity contribution < 1.29 is 4.79 Å². The Morgan fingerprint density at radius 1 is 1.21 bits per heavy atom. The topological polar surface area (TPSA) is 106 Å². The number of aryl methyl sites for hydroxylation is 1. The molecular weight excluding hydrogens is 444 g/mol. The van der Waals surface area contributed by atoms with Crippen molar-refractivity contribution in [2.24, 2.45) is 7.05 Å². The first-order chi connectivity index (χ1) is 13.5. The molecule has 0 bridgehead atoms. The number of tetrazole rings is 1. The Bertz CT molecular complexity index is 1250. The van der Waals surface area contributed by atoms with Crippen molar-refractivity contribution in [2.75, 3.05) is 5.32 Å². The summed E-state index contributed by atoms with van der Waals surface area (Å²) >= 11 is 4.75. The Hall–Kier alpha value is -2.98. The van der Waals surface area contributed by atoms with E-state index in [1.165, 1.54) is 17.8 Å². The number of nitrogens with one attached hydrogen (secondary N) is 2. The minimum Gasteiger partial charge on any atom is -0.322 e. The summed E-state index contributed by atoms with van der Waals surface area (Å²) in [5.41, 5.74) is 1.15. The zero-order valence-electron chi connectivity index (χ0n) is 14.5. The number of aromatic amines is 1. The SMILES string of the molecule is Cn1nnnc1Sc1ccc(Br)cc1NC(=O)c1cc(=O)[nH]c2ccccc12. The highest BCUT2D eigenvalue weighted by Crippen LogP contribution is 2.34. The van der Waals surface area contributed by atoms with Gasteiger partial charge in [-0.1, -0.05) is 34.1 Å². The number of anilines is 1. The van der Waals surface area contributed by atoms with E-state index >= 15 is 0 Å². The van der Waals surface area contributed by atoms with Crippen molar-refractivity contribution in [3.63, 3.8) is 0 Å². The number of pyridine rings is 1. The molecule has 2 aromatic carbocycles. The molecule has 28 heavy (non-hydrogen) atoms. The molecular formula is C18H13BrN6O2S. The molecule has 0 aliphatic heterocycles. The molecule has 1 amide bonds. The summed E-state index contributed by atoms with van der Waals surface area (Å²) in [6.45, 7) is 0. The summed E-state index contributed by atoms with van der Waals surface area (Å²) in [5, 5.41) is 15.5. The molecule has 0 fully saturated rings. The highest BCUT2D eigenvalue weighted by atomic mass is 79.9. The third-order valence-electron chi connectivity index (χ3n) is 3.97. The summed E-state index contributed by atoms with van der Waals surface area (Å²) in [5.74, 6) is -0.377. The Morgan fingerprint density at radius 3 is 2.82 bits per heavy atom. The third-order valence-corrected chi connectivity index (χ3v) is 5.57. The van der Waals surface area contributed by atoms with E-state index in [9.17, 15) is 9.59 Å². The lowest BCUT2D eigenvalue weighted by Crippen LogP contribution is -2.17. The van der Waals surface area contributed by atoms with E-state index in [0.29, 0.717) is 27.3 Å². The second-order valence-electron chi connectivity index (χ2n) is 5.87. The first-order valence-corrected chi connectivity index (χ1v) is 9.75. The third kappa shape index (κ3) is 3.69. The molecule has 0 saturated heterocycles. The van der Waals surface area contributed by atoms with Crippen molar-refractivity contribution in [2.45, 2.75) is 10.1 Å². The van der Waals surface area contributed by atoms with Crippen LogP contribution in [-0.4, -0.2) is 31.1 Å². The van der Waals surface area contributed by atoms with Gasteiger partial charge in [-0.3, -0.25) is 9.59 Å². The van der Waals surface area contributed by atoms with Gasteiger partial charge in [0, 0.05) is 33.4 Å². The maximum absolute atomic E-state index is 13.0. The van der Waals surface area contributed by atoms with Gasteiger partial charge >= 0.3 is 0 Å². The summed E-state index contributed by atoms with van der Waals surface area (Å²) in [6, 6.07) is 14.0. The molecule has 0 unspecified atom stereocenters. The fourth-order valence-corrected chi connectivity index (χ4v) is 3.84. The summed E-state index contributed by atoms with van der Waals surface area (Å²) in [7, 11) is 1.74. The smallest absolute Gasteiger partial charge is 0.256 e. The van der Waals surface area contributed by atoms with E-state index in [4.69, 9.17) is 0 Å². The van der Waals surface area contributed by atoms with Gasteiger partial charge in [-0.05, 0) is 46.5 Å². The number of H-pyrrole nitrogens is 1. The number of halogens is 1. The lowest BCUT2D eigenvalue weighted by Gasteiger charge is -2.12. The summed E-state index contributed by atoms with van der Waals surface area (Å²) in [4.78, 5) is 28.4. The first-order valence-electron chi connectivity index (χ1n) is 8.14. The average Bonchev–Trinajstić information content (AvgIpc) is 3.07. The predicted octanol–water partition coefficient (Wildman–Crippen LogP) is 3.22. The predicted molar refractivity (Wildman–Crippen MR) is 110 cm³/mol. The van der Waals surface area contributed by atoms with Crippen LogP contribution in [0.4, 0.5) is 5.69 Å². The van der Waals surface area contributed by atoms with E-state index in [1.54, 1.807) is 36.0 Å². The lowest BCUT2D eigenvalue weighted by atomic mass is 10.1. The number of rotatable bonds is 4. The molecule has 0 spiro atoms. The molecule has 2 aromatic heterocycles. The fourth-order valence-electron chi connectivity index (χ4n) is 2.68. The molecule has 4 aromatic rings. The molecule has 0 atom stereocenters. The van der Waals surface area contributed by atoms with Crippen molar-refractivity contribution >= 4 is 50.2 Å². The second kappa shape index (κ2) is 7.56. The maximum Gasteiger partial charge on any atom is 0.256 e. The quantitative estimate of drug-likeness (QED) is 0.488. The highest BCUT2D eigenvalue weighted by Gasteiger charge is 2.16. The largest absolute Gasteiger partial charge is 0.322 e. The Balaban J connectivity index is 1.72. The zero-order chi connectivity index (χ0) is 19.7. The Labute approximate surface area is 171 Å². The van der Waals surface area contributed by atoms with Gasteiger partial charge in [-0.25, -0.2) is 4.68 Å². The van der Waals surface area contributed by atoms with E-state index < -0.39 is 0 Å². The number of hydrogen-bond donors (Lipinski definition) is 2. The molecule has 0 aliphatic carbocycles. The van der Waals surface area contributed by atoms with Crippen molar-refractivity contribution in [3.05, 3.63) is 68.9 Å². The van der Waals surface area contributed by atoms with Crippen molar-refractivity contribution in [3.8, 4) is 0 Å². The molecule has 0 radical (unpaired) electrons. The van der Waals surface area contributed by atoms with Crippen LogP contribution in [0.5, 0.6) is 0 Å². The molecule has 4 rings (SSSR count). The van der Waals surface area contributed by atoms with Gasteiger partial charge in [0.2, 0.25) is 10.7 Å². The molecule has 2 N–H and O–H groups in total. The molecule has 140 valence electrons. The van der Waals surface area contributed by atoms with Crippen LogP contribution in [0.15, 0.2) is 67.9 Å². The van der Waals surface area contributed by atoms with Crippen LogP contribution in [0.3, 0.4) is 0 Å². The van der Waals surface area contributed by atoms with E-state index in [1.807, 2.05) is 18.2 Å². The monoisotopic (exact) mass is 456 g/mol. The van der Waals surface area contributed by atoms with Crippen LogP contribution in [0.1, 0.15) is 10.4 Å². The van der Waals surface area contributed by atoms with E-state index in [-0.39, 0.29) is 11.5 Å². The van der Waals surface area contributed by atoms with E-state index in [2.05, 4.69) is 41.8 Å². The van der Waals surface area contributed by atoms with Crippen LogP contribution < -0.4 is 10.9 Å². The van der Waals surface area contributed by atoms with Crippen LogP contribution in [-0.2, 0) is 7.05 Å². The normalized spacial score (nSPS) is 10.9. The number of hydrogen-bond acceptors (Lipinski definition) is 6. The molecule has 0 saturated carbocycles. The molecule has 0 aliphatic rings. The van der Waals surface area contributed by atoms with Gasteiger partial charge in [0.1, 0.15) is 0 Å².